The third kappa shape index (κ3) is 5.24. The molecule has 5 heteroatoms. The van der Waals surface area contributed by atoms with E-state index in [9.17, 15) is 9.59 Å². The number of ether oxygens (including phenoxy) is 1. The third-order valence-electron chi connectivity index (χ3n) is 5.70. The van der Waals surface area contributed by atoms with E-state index < -0.39 is 0 Å². The highest BCUT2D eigenvalue weighted by Gasteiger charge is 2.25. The van der Waals surface area contributed by atoms with Crippen LogP contribution in [0.2, 0.25) is 0 Å². The van der Waals surface area contributed by atoms with Crippen LogP contribution < -0.4 is 5.32 Å². The number of nitrogens with zero attached hydrogens (tertiary/aromatic N) is 1. The molecule has 2 aromatic rings. The summed E-state index contributed by atoms with van der Waals surface area (Å²) < 4.78 is 5.72. The molecule has 2 aromatic carbocycles. The second kappa shape index (κ2) is 9.23. The van der Waals surface area contributed by atoms with Crippen molar-refractivity contribution >= 4 is 17.5 Å². The summed E-state index contributed by atoms with van der Waals surface area (Å²) >= 11 is 0. The van der Waals surface area contributed by atoms with E-state index in [0.29, 0.717) is 18.7 Å². The number of rotatable bonds is 6. The van der Waals surface area contributed by atoms with E-state index >= 15 is 0 Å². The molecule has 0 aromatic heterocycles. The quantitative estimate of drug-likeness (QED) is 0.800. The maximum Gasteiger partial charge on any atom is 0.254 e. The van der Waals surface area contributed by atoms with Crippen molar-refractivity contribution in [3.63, 3.8) is 0 Å². The highest BCUT2D eigenvalue weighted by molar-refractivity contribution is 5.99. The number of benzene rings is 2. The van der Waals surface area contributed by atoms with Crippen LogP contribution in [-0.4, -0.2) is 42.5 Å². The third-order valence-corrected chi connectivity index (χ3v) is 5.70. The Balaban J connectivity index is 1.77. The average molecular weight is 395 g/mol. The topological polar surface area (TPSA) is 58.6 Å². The Kier molecular flexibility index (Phi) is 6.70. The van der Waals surface area contributed by atoms with Gasteiger partial charge in [-0.1, -0.05) is 18.2 Å². The van der Waals surface area contributed by atoms with Gasteiger partial charge in [0.25, 0.3) is 5.91 Å². The minimum Gasteiger partial charge on any atom is -0.376 e. The molecular weight excluding hydrogens is 364 g/mol. The van der Waals surface area contributed by atoms with Crippen LogP contribution in [0, 0.1) is 27.7 Å². The molecule has 1 atom stereocenters. The Hall–Kier alpha value is -2.66. The van der Waals surface area contributed by atoms with Crippen LogP contribution in [0.5, 0.6) is 0 Å². The van der Waals surface area contributed by atoms with Crippen LogP contribution in [0.25, 0.3) is 0 Å². The highest BCUT2D eigenvalue weighted by atomic mass is 16.5. The number of hydrogen-bond acceptors (Lipinski definition) is 3. The Morgan fingerprint density at radius 1 is 1.07 bits per heavy atom. The maximum absolute atomic E-state index is 13.2. The lowest BCUT2D eigenvalue weighted by molar-refractivity contribution is -0.117. The number of nitrogens with one attached hydrogen (secondary N) is 1. The van der Waals surface area contributed by atoms with Gasteiger partial charge in [-0.2, -0.15) is 0 Å². The second-order valence-corrected chi connectivity index (χ2v) is 7.92. The lowest BCUT2D eigenvalue weighted by atomic mass is 10.1. The van der Waals surface area contributed by atoms with E-state index in [1.807, 2.05) is 64.1 Å². The molecule has 1 unspecified atom stereocenters. The number of aryl methyl sites for hydroxylation is 3. The van der Waals surface area contributed by atoms with Crippen molar-refractivity contribution in [3.05, 3.63) is 64.2 Å². The molecule has 0 radical (unpaired) electrons. The van der Waals surface area contributed by atoms with Crippen molar-refractivity contribution in [1.82, 2.24) is 4.90 Å². The lowest BCUT2D eigenvalue weighted by Gasteiger charge is -2.25. The van der Waals surface area contributed by atoms with Gasteiger partial charge in [0.15, 0.2) is 0 Å². The van der Waals surface area contributed by atoms with Gasteiger partial charge in [-0.15, -0.1) is 0 Å². The molecule has 154 valence electrons. The first kappa shape index (κ1) is 21.1. The first-order valence-electron chi connectivity index (χ1n) is 10.2. The number of anilines is 1. The number of carbonyl (C=O) groups is 2. The Bertz CT molecular complexity index is 901. The molecule has 5 nitrogen and oxygen atoms in total. The molecule has 1 N–H and O–H groups in total. The normalized spacial score (nSPS) is 15.9. The molecule has 0 spiro atoms. The summed E-state index contributed by atoms with van der Waals surface area (Å²) in [5, 5.41) is 2.96. The summed E-state index contributed by atoms with van der Waals surface area (Å²) in [5.41, 5.74) is 5.74. The molecule has 0 saturated carbocycles. The van der Waals surface area contributed by atoms with Gasteiger partial charge in [0.05, 0.1) is 6.10 Å². The van der Waals surface area contributed by atoms with Crippen LogP contribution in [0.3, 0.4) is 0 Å². The van der Waals surface area contributed by atoms with E-state index in [1.165, 1.54) is 0 Å². The van der Waals surface area contributed by atoms with Gasteiger partial charge in [-0.05, 0) is 81.0 Å². The summed E-state index contributed by atoms with van der Waals surface area (Å²) in [4.78, 5) is 27.6. The second-order valence-electron chi connectivity index (χ2n) is 7.92. The summed E-state index contributed by atoms with van der Waals surface area (Å²) in [6.07, 6.45) is 1.89. The van der Waals surface area contributed by atoms with Gasteiger partial charge in [-0.3, -0.25) is 9.59 Å². The standard InChI is InChI=1S/C24H30N2O3/c1-16-10-11-20(13-18(16)3)24(28)26(14-21-8-6-12-29-21)15-23(27)25-22-9-5-7-17(2)19(22)4/h5,7,9-11,13,21H,6,8,12,14-15H2,1-4H3,(H,25,27). The Morgan fingerprint density at radius 3 is 2.55 bits per heavy atom. The van der Waals surface area contributed by atoms with Crippen molar-refractivity contribution in [2.75, 3.05) is 25.0 Å². The smallest absolute Gasteiger partial charge is 0.254 e. The fourth-order valence-electron chi connectivity index (χ4n) is 3.56. The number of amides is 2. The molecule has 1 saturated heterocycles. The van der Waals surface area contributed by atoms with Crippen LogP contribution in [0.15, 0.2) is 36.4 Å². The van der Waals surface area contributed by atoms with E-state index in [-0.39, 0.29) is 24.5 Å². The molecular formula is C24H30N2O3. The zero-order valence-corrected chi connectivity index (χ0v) is 17.7. The number of carbonyl (C=O) groups excluding carboxylic acids is 2. The predicted octanol–water partition coefficient (Wildman–Crippen LogP) is 4.18. The zero-order chi connectivity index (χ0) is 21.0. The monoisotopic (exact) mass is 394 g/mol. The Morgan fingerprint density at radius 2 is 1.86 bits per heavy atom. The summed E-state index contributed by atoms with van der Waals surface area (Å²) in [5.74, 6) is -0.339. The van der Waals surface area contributed by atoms with E-state index in [4.69, 9.17) is 4.74 Å². The van der Waals surface area contributed by atoms with Crippen LogP contribution in [0.1, 0.15) is 45.5 Å². The van der Waals surface area contributed by atoms with Crippen LogP contribution in [0.4, 0.5) is 5.69 Å². The Labute approximate surface area is 173 Å². The van der Waals surface area contributed by atoms with Crippen molar-refractivity contribution in [2.24, 2.45) is 0 Å². The molecule has 0 aliphatic carbocycles. The van der Waals surface area contributed by atoms with Crippen LogP contribution in [-0.2, 0) is 9.53 Å². The highest BCUT2D eigenvalue weighted by Crippen LogP contribution is 2.19. The van der Waals surface area contributed by atoms with Gasteiger partial charge < -0.3 is 15.0 Å². The van der Waals surface area contributed by atoms with Gasteiger partial charge in [-0.25, -0.2) is 0 Å². The lowest BCUT2D eigenvalue weighted by Crippen LogP contribution is -2.42. The average Bonchev–Trinajstić information content (AvgIpc) is 3.19. The summed E-state index contributed by atoms with van der Waals surface area (Å²) in [7, 11) is 0. The van der Waals surface area contributed by atoms with Gasteiger partial charge >= 0.3 is 0 Å². The summed E-state index contributed by atoms with van der Waals surface area (Å²) in [6, 6.07) is 11.5. The molecule has 1 aliphatic rings. The first-order chi connectivity index (χ1) is 13.8. The van der Waals surface area contributed by atoms with E-state index in [2.05, 4.69) is 5.32 Å². The molecule has 29 heavy (non-hydrogen) atoms. The van der Waals surface area contributed by atoms with E-state index in [0.717, 1.165) is 40.8 Å². The molecule has 0 bridgehead atoms. The first-order valence-corrected chi connectivity index (χ1v) is 10.2. The number of hydrogen-bond donors (Lipinski definition) is 1. The van der Waals surface area contributed by atoms with Crippen LogP contribution >= 0.6 is 0 Å². The summed E-state index contributed by atoms with van der Waals surface area (Å²) in [6.45, 7) is 9.14. The molecule has 1 fully saturated rings. The fraction of sp³-hybridized carbons (Fsp3) is 0.417. The molecule has 2 amide bonds. The minimum atomic E-state index is -0.200. The fourth-order valence-corrected chi connectivity index (χ4v) is 3.56. The molecule has 1 heterocycles. The van der Waals surface area contributed by atoms with Crippen molar-refractivity contribution < 1.29 is 14.3 Å². The zero-order valence-electron chi connectivity index (χ0n) is 17.7. The largest absolute Gasteiger partial charge is 0.376 e. The van der Waals surface area contributed by atoms with Crippen molar-refractivity contribution in [1.29, 1.82) is 0 Å². The molecule has 1 aliphatic heterocycles. The van der Waals surface area contributed by atoms with E-state index in [1.54, 1.807) is 4.90 Å². The minimum absolute atomic E-state index is 0.000993. The van der Waals surface area contributed by atoms with Gasteiger partial charge in [0.1, 0.15) is 6.54 Å². The van der Waals surface area contributed by atoms with Crippen molar-refractivity contribution in [3.8, 4) is 0 Å². The van der Waals surface area contributed by atoms with Gasteiger partial charge in [0, 0.05) is 24.4 Å². The van der Waals surface area contributed by atoms with Gasteiger partial charge in [0.2, 0.25) is 5.91 Å². The molecule has 3 rings (SSSR count). The predicted molar refractivity (Wildman–Crippen MR) is 115 cm³/mol. The maximum atomic E-state index is 13.2. The van der Waals surface area contributed by atoms with Crippen molar-refractivity contribution in [2.45, 2.75) is 46.6 Å². The SMILES string of the molecule is Cc1ccc(C(=O)N(CC(=O)Nc2cccc(C)c2C)CC2CCCO2)cc1C.